The van der Waals surface area contributed by atoms with Gasteiger partial charge in [-0.15, -0.1) is 0 Å². The van der Waals surface area contributed by atoms with Crippen LogP contribution < -0.4 is 15.4 Å². The molecule has 9 nitrogen and oxygen atoms in total. The van der Waals surface area contributed by atoms with Crippen molar-refractivity contribution in [1.29, 1.82) is 0 Å². The molecule has 170 valence electrons. The number of rotatable bonds is 11. The molecule has 9 heteroatoms. The summed E-state index contributed by atoms with van der Waals surface area (Å²) in [6.45, 7) is 1.50. The molecule has 0 aliphatic rings. The van der Waals surface area contributed by atoms with Crippen LogP contribution in [0.2, 0.25) is 0 Å². The van der Waals surface area contributed by atoms with Crippen LogP contribution in [0.1, 0.15) is 17.5 Å². The predicted octanol–water partition coefficient (Wildman–Crippen LogP) is 1.23. The number of carboxylic acids is 1. The number of esters is 1. The van der Waals surface area contributed by atoms with E-state index < -0.39 is 48.9 Å². The Kier molecular flexibility index (Phi) is 9.22. The summed E-state index contributed by atoms with van der Waals surface area (Å²) in [6, 6.07) is 13.5. The Bertz CT molecular complexity index is 929. The van der Waals surface area contributed by atoms with Gasteiger partial charge in [0.15, 0.2) is 6.61 Å². The molecule has 0 spiro atoms. The van der Waals surface area contributed by atoms with E-state index in [4.69, 9.17) is 14.6 Å². The maximum atomic E-state index is 12.7. The summed E-state index contributed by atoms with van der Waals surface area (Å²) in [4.78, 5) is 48.3. The van der Waals surface area contributed by atoms with E-state index >= 15 is 0 Å². The maximum absolute atomic E-state index is 12.7. The number of benzene rings is 2. The highest BCUT2D eigenvalue weighted by atomic mass is 16.5. The summed E-state index contributed by atoms with van der Waals surface area (Å²) in [5.41, 5.74) is 1.80. The molecular weight excluding hydrogens is 416 g/mol. The zero-order valence-electron chi connectivity index (χ0n) is 17.9. The normalized spacial score (nSPS) is 12.2. The van der Waals surface area contributed by atoms with Gasteiger partial charge in [-0.1, -0.05) is 48.0 Å². The summed E-state index contributed by atoms with van der Waals surface area (Å²) in [7, 11) is 1.19. The van der Waals surface area contributed by atoms with Crippen LogP contribution in [0.25, 0.3) is 0 Å². The summed E-state index contributed by atoms with van der Waals surface area (Å²) >= 11 is 0. The minimum atomic E-state index is -1.40. The number of amides is 2. The number of carbonyl (C=O) groups is 4. The number of hydrogen-bond donors (Lipinski definition) is 3. The fourth-order valence-electron chi connectivity index (χ4n) is 2.86. The molecule has 2 rings (SSSR count). The van der Waals surface area contributed by atoms with Crippen LogP contribution in [0, 0.1) is 6.92 Å². The number of carbonyl (C=O) groups excluding carboxylic acids is 3. The summed E-state index contributed by atoms with van der Waals surface area (Å²) < 4.78 is 10.1. The molecule has 0 aromatic heterocycles. The van der Waals surface area contributed by atoms with Crippen molar-refractivity contribution in [2.75, 3.05) is 13.7 Å². The van der Waals surface area contributed by atoms with E-state index in [1.54, 1.807) is 36.4 Å². The van der Waals surface area contributed by atoms with E-state index in [9.17, 15) is 19.2 Å². The number of ether oxygens (including phenoxy) is 2. The second-order valence-electron chi connectivity index (χ2n) is 7.09. The second kappa shape index (κ2) is 12.1. The van der Waals surface area contributed by atoms with Crippen LogP contribution in [0.4, 0.5) is 0 Å². The number of nitrogens with one attached hydrogen (secondary N) is 2. The first-order valence-electron chi connectivity index (χ1n) is 9.91. The van der Waals surface area contributed by atoms with Crippen molar-refractivity contribution in [3.63, 3.8) is 0 Å². The molecule has 0 fully saturated rings. The van der Waals surface area contributed by atoms with Crippen LogP contribution in [-0.4, -0.2) is 54.7 Å². The highest BCUT2D eigenvalue weighted by Gasteiger charge is 2.29. The quantitative estimate of drug-likeness (QED) is 0.446. The van der Waals surface area contributed by atoms with Gasteiger partial charge >= 0.3 is 11.9 Å². The van der Waals surface area contributed by atoms with Crippen LogP contribution in [0.5, 0.6) is 5.75 Å². The smallest absolute Gasteiger partial charge is 0.328 e. The number of methoxy groups -OCH3 is 1. The third-order valence-electron chi connectivity index (χ3n) is 4.51. The van der Waals surface area contributed by atoms with Gasteiger partial charge < -0.3 is 25.2 Å². The fourth-order valence-corrected chi connectivity index (χ4v) is 2.86. The van der Waals surface area contributed by atoms with Gasteiger partial charge in [-0.25, -0.2) is 4.79 Å². The Morgan fingerprint density at radius 2 is 1.59 bits per heavy atom. The number of aryl methyl sites for hydroxylation is 1. The summed E-state index contributed by atoms with van der Waals surface area (Å²) in [6.07, 6.45) is -0.523. The van der Waals surface area contributed by atoms with Crippen molar-refractivity contribution in [3.05, 3.63) is 65.7 Å². The van der Waals surface area contributed by atoms with E-state index in [0.717, 1.165) is 11.1 Å². The second-order valence-corrected chi connectivity index (χ2v) is 7.09. The number of hydrogen-bond acceptors (Lipinski definition) is 6. The standard InChI is InChI=1S/C23H26N2O7/c1-15-8-10-17(11-9-15)32-14-20(26)24-18(13-21(27)28)22(29)25-19(23(30)31-2)12-16-6-4-3-5-7-16/h3-11,18-19H,12-14H2,1-2H3,(H,24,26)(H,25,29)(H,27,28)/t18-,19-/m0/s1. The van der Waals surface area contributed by atoms with Crippen LogP contribution >= 0.6 is 0 Å². The van der Waals surface area contributed by atoms with Crippen LogP contribution in [0.3, 0.4) is 0 Å². The van der Waals surface area contributed by atoms with E-state index in [2.05, 4.69) is 10.6 Å². The Morgan fingerprint density at radius 3 is 2.19 bits per heavy atom. The van der Waals surface area contributed by atoms with Gasteiger partial charge in [-0.3, -0.25) is 14.4 Å². The molecule has 2 aromatic carbocycles. The highest BCUT2D eigenvalue weighted by Crippen LogP contribution is 2.11. The van der Waals surface area contributed by atoms with Crippen LogP contribution in [0.15, 0.2) is 54.6 Å². The zero-order chi connectivity index (χ0) is 23.5. The first-order valence-corrected chi connectivity index (χ1v) is 9.91. The average molecular weight is 442 g/mol. The molecule has 0 aliphatic carbocycles. The van der Waals surface area contributed by atoms with Gasteiger partial charge in [0.25, 0.3) is 5.91 Å². The van der Waals surface area contributed by atoms with Crippen molar-refractivity contribution in [2.45, 2.75) is 31.8 Å². The number of carboxylic acid groups (broad SMARTS) is 1. The molecule has 2 aromatic rings. The van der Waals surface area contributed by atoms with Gasteiger partial charge in [0.1, 0.15) is 17.8 Å². The lowest BCUT2D eigenvalue weighted by Gasteiger charge is -2.21. The zero-order valence-corrected chi connectivity index (χ0v) is 17.9. The van der Waals surface area contributed by atoms with Gasteiger partial charge in [0.05, 0.1) is 13.5 Å². The van der Waals surface area contributed by atoms with Gasteiger partial charge in [-0.05, 0) is 24.6 Å². The molecule has 0 saturated heterocycles. The van der Waals surface area contributed by atoms with E-state index in [1.165, 1.54) is 7.11 Å². The molecule has 0 radical (unpaired) electrons. The Labute approximate surface area is 185 Å². The minimum Gasteiger partial charge on any atom is -0.484 e. The molecule has 0 heterocycles. The molecule has 0 aliphatic heterocycles. The molecule has 0 saturated carbocycles. The fraction of sp³-hybridized carbons (Fsp3) is 0.304. The minimum absolute atomic E-state index is 0.142. The Balaban J connectivity index is 2.02. The maximum Gasteiger partial charge on any atom is 0.328 e. The van der Waals surface area contributed by atoms with Crippen molar-refractivity contribution >= 4 is 23.8 Å². The van der Waals surface area contributed by atoms with Crippen molar-refractivity contribution in [1.82, 2.24) is 10.6 Å². The SMILES string of the molecule is COC(=O)[C@H](Cc1ccccc1)NC(=O)[C@H](CC(=O)O)NC(=O)COc1ccc(C)cc1. The molecular formula is C23H26N2O7. The molecule has 3 N–H and O–H groups in total. The van der Waals surface area contributed by atoms with E-state index in [1.807, 2.05) is 25.1 Å². The van der Waals surface area contributed by atoms with Gasteiger partial charge in [0, 0.05) is 6.42 Å². The lowest BCUT2D eigenvalue weighted by atomic mass is 10.1. The molecule has 0 unspecified atom stereocenters. The van der Waals surface area contributed by atoms with E-state index in [-0.39, 0.29) is 6.42 Å². The Hall–Kier alpha value is -3.88. The highest BCUT2D eigenvalue weighted by molar-refractivity contribution is 5.93. The topological polar surface area (TPSA) is 131 Å². The van der Waals surface area contributed by atoms with Crippen molar-refractivity contribution in [3.8, 4) is 5.75 Å². The van der Waals surface area contributed by atoms with Crippen LogP contribution in [-0.2, 0) is 30.3 Å². The molecule has 2 amide bonds. The summed E-state index contributed by atoms with van der Waals surface area (Å²) in [5, 5.41) is 14.0. The first-order chi connectivity index (χ1) is 15.3. The third kappa shape index (κ3) is 8.10. The third-order valence-corrected chi connectivity index (χ3v) is 4.51. The van der Waals surface area contributed by atoms with Crippen molar-refractivity contribution in [2.24, 2.45) is 0 Å². The first kappa shape index (κ1) is 24.4. The average Bonchev–Trinajstić information content (AvgIpc) is 2.77. The van der Waals surface area contributed by atoms with E-state index in [0.29, 0.717) is 5.75 Å². The van der Waals surface area contributed by atoms with Gasteiger partial charge in [-0.2, -0.15) is 0 Å². The number of aliphatic carboxylic acids is 1. The lowest BCUT2D eigenvalue weighted by molar-refractivity contribution is -0.145. The molecule has 0 bridgehead atoms. The monoisotopic (exact) mass is 442 g/mol. The Morgan fingerprint density at radius 1 is 0.938 bits per heavy atom. The molecule has 2 atom stereocenters. The van der Waals surface area contributed by atoms with Crippen molar-refractivity contribution < 1.29 is 33.8 Å². The largest absolute Gasteiger partial charge is 0.484 e. The molecule has 32 heavy (non-hydrogen) atoms. The summed E-state index contributed by atoms with van der Waals surface area (Å²) in [5.74, 6) is -3.02. The van der Waals surface area contributed by atoms with Gasteiger partial charge in [0.2, 0.25) is 5.91 Å². The predicted molar refractivity (Wildman–Crippen MR) is 115 cm³/mol. The lowest BCUT2D eigenvalue weighted by Crippen LogP contribution is -2.53.